The highest BCUT2D eigenvalue weighted by Crippen LogP contribution is 2.23. The number of hydrogen-bond donors (Lipinski definition) is 0. The van der Waals surface area contributed by atoms with Crippen LogP contribution in [0.4, 0.5) is 4.39 Å². The molecule has 3 rings (SSSR count). The van der Waals surface area contributed by atoms with Gasteiger partial charge in [-0.25, -0.2) is 4.39 Å². The van der Waals surface area contributed by atoms with Crippen molar-refractivity contribution in [1.82, 2.24) is 0 Å². The Morgan fingerprint density at radius 3 is 1.55 bits per heavy atom. The average Bonchev–Trinajstić information content (AvgIpc) is 2.77. The molecule has 0 aromatic heterocycles. The van der Waals surface area contributed by atoms with E-state index in [0.717, 1.165) is 42.6 Å². The lowest BCUT2D eigenvalue weighted by Crippen LogP contribution is -2.00. The highest BCUT2D eigenvalue weighted by molar-refractivity contribution is 5.64. The van der Waals surface area contributed by atoms with Crippen LogP contribution in [0.1, 0.15) is 31.2 Å². The summed E-state index contributed by atoms with van der Waals surface area (Å²) in [4.78, 5) is 0. The van der Waals surface area contributed by atoms with E-state index >= 15 is 0 Å². The SMILES string of the molecule is N#Cc1ccc(-c2ccc(OCCCCCCOc3ccc(F)cc3)cc2)cc1. The van der Waals surface area contributed by atoms with Gasteiger partial charge in [0.05, 0.1) is 24.8 Å². The molecule has 0 aliphatic heterocycles. The summed E-state index contributed by atoms with van der Waals surface area (Å²) in [7, 11) is 0. The Morgan fingerprint density at radius 2 is 1.07 bits per heavy atom. The molecule has 29 heavy (non-hydrogen) atoms. The summed E-state index contributed by atoms with van der Waals surface area (Å²) in [5, 5.41) is 8.87. The van der Waals surface area contributed by atoms with Gasteiger partial charge in [-0.3, -0.25) is 0 Å². The van der Waals surface area contributed by atoms with Crippen LogP contribution in [0.15, 0.2) is 72.8 Å². The zero-order chi connectivity index (χ0) is 20.3. The van der Waals surface area contributed by atoms with Gasteiger partial charge >= 0.3 is 0 Å². The molecule has 4 heteroatoms. The van der Waals surface area contributed by atoms with Crippen LogP contribution in [0, 0.1) is 17.1 Å². The third-order valence-electron chi connectivity index (χ3n) is 4.59. The van der Waals surface area contributed by atoms with Gasteiger partial charge < -0.3 is 9.47 Å². The molecule has 0 fully saturated rings. The smallest absolute Gasteiger partial charge is 0.123 e. The van der Waals surface area contributed by atoms with E-state index in [0.29, 0.717) is 24.5 Å². The zero-order valence-electron chi connectivity index (χ0n) is 16.3. The van der Waals surface area contributed by atoms with Gasteiger partial charge in [-0.1, -0.05) is 24.3 Å². The van der Waals surface area contributed by atoms with Gasteiger partial charge in [0, 0.05) is 0 Å². The highest BCUT2D eigenvalue weighted by Gasteiger charge is 2.00. The predicted octanol–water partition coefficient (Wildman–Crippen LogP) is 6.38. The summed E-state index contributed by atoms with van der Waals surface area (Å²) in [6.07, 6.45) is 4.11. The molecule has 148 valence electrons. The van der Waals surface area contributed by atoms with Crippen molar-refractivity contribution in [3.05, 3.63) is 84.2 Å². The first-order valence-corrected chi connectivity index (χ1v) is 9.86. The Bertz CT molecular complexity index is 913. The molecule has 0 unspecified atom stereocenters. The second-order valence-electron chi connectivity index (χ2n) is 6.78. The van der Waals surface area contributed by atoms with E-state index in [-0.39, 0.29) is 5.82 Å². The van der Waals surface area contributed by atoms with Crippen LogP contribution in [0.3, 0.4) is 0 Å². The molecule has 0 saturated carbocycles. The summed E-state index contributed by atoms with van der Waals surface area (Å²) >= 11 is 0. The van der Waals surface area contributed by atoms with E-state index in [4.69, 9.17) is 14.7 Å². The van der Waals surface area contributed by atoms with Crippen molar-refractivity contribution < 1.29 is 13.9 Å². The minimum Gasteiger partial charge on any atom is -0.494 e. The molecule has 0 aliphatic carbocycles. The lowest BCUT2D eigenvalue weighted by atomic mass is 10.0. The van der Waals surface area contributed by atoms with E-state index < -0.39 is 0 Å². The molecular formula is C25H24FNO2. The Hall–Kier alpha value is -3.32. The van der Waals surface area contributed by atoms with Gasteiger partial charge in [0.1, 0.15) is 17.3 Å². The average molecular weight is 389 g/mol. The molecule has 0 heterocycles. The quantitative estimate of drug-likeness (QED) is 0.378. The molecule has 3 aromatic carbocycles. The number of nitrogens with zero attached hydrogens (tertiary/aromatic N) is 1. The maximum Gasteiger partial charge on any atom is 0.123 e. The molecule has 0 aliphatic rings. The van der Waals surface area contributed by atoms with Crippen molar-refractivity contribution in [3.63, 3.8) is 0 Å². The fourth-order valence-corrected chi connectivity index (χ4v) is 2.95. The van der Waals surface area contributed by atoms with Crippen molar-refractivity contribution in [2.75, 3.05) is 13.2 Å². The number of ether oxygens (including phenoxy) is 2. The predicted molar refractivity (Wildman–Crippen MR) is 112 cm³/mol. The van der Waals surface area contributed by atoms with Crippen LogP contribution >= 0.6 is 0 Å². The van der Waals surface area contributed by atoms with Gasteiger partial charge in [-0.15, -0.1) is 0 Å². The van der Waals surface area contributed by atoms with Crippen molar-refractivity contribution in [2.45, 2.75) is 25.7 Å². The number of nitriles is 1. The first-order chi connectivity index (χ1) is 14.2. The number of hydrogen-bond acceptors (Lipinski definition) is 3. The molecule has 0 amide bonds. The molecular weight excluding hydrogens is 365 g/mol. The summed E-state index contributed by atoms with van der Waals surface area (Å²) in [5.41, 5.74) is 2.84. The number of benzene rings is 3. The standard InChI is InChI=1S/C25H24FNO2/c26-23-11-15-25(16-12-23)29-18-4-2-1-3-17-28-24-13-9-22(10-14-24)21-7-5-20(19-27)6-8-21/h5-16H,1-4,17-18H2. The topological polar surface area (TPSA) is 42.2 Å². The summed E-state index contributed by atoms with van der Waals surface area (Å²) in [5.74, 6) is 1.32. The van der Waals surface area contributed by atoms with Gasteiger partial charge in [0.15, 0.2) is 0 Å². The molecule has 3 aromatic rings. The van der Waals surface area contributed by atoms with E-state index in [9.17, 15) is 4.39 Å². The fraction of sp³-hybridized carbons (Fsp3) is 0.240. The van der Waals surface area contributed by atoms with Gasteiger partial charge in [0.25, 0.3) is 0 Å². The van der Waals surface area contributed by atoms with Crippen LogP contribution < -0.4 is 9.47 Å². The van der Waals surface area contributed by atoms with Gasteiger partial charge in [0.2, 0.25) is 0 Å². The first-order valence-electron chi connectivity index (χ1n) is 9.86. The molecule has 0 radical (unpaired) electrons. The fourth-order valence-electron chi connectivity index (χ4n) is 2.95. The maximum absolute atomic E-state index is 12.8. The maximum atomic E-state index is 12.8. The molecule has 0 saturated heterocycles. The Morgan fingerprint density at radius 1 is 0.621 bits per heavy atom. The van der Waals surface area contributed by atoms with Gasteiger partial charge in [-0.2, -0.15) is 5.26 Å². The molecule has 3 nitrogen and oxygen atoms in total. The van der Waals surface area contributed by atoms with Crippen LogP contribution in [0.25, 0.3) is 11.1 Å². The Kier molecular flexibility index (Phi) is 7.65. The van der Waals surface area contributed by atoms with Crippen molar-refractivity contribution >= 4 is 0 Å². The van der Waals surface area contributed by atoms with Crippen LogP contribution in [-0.4, -0.2) is 13.2 Å². The third-order valence-corrected chi connectivity index (χ3v) is 4.59. The Labute approximate surface area is 171 Å². The lowest BCUT2D eigenvalue weighted by Gasteiger charge is -2.08. The second-order valence-corrected chi connectivity index (χ2v) is 6.78. The van der Waals surface area contributed by atoms with Crippen LogP contribution in [0.5, 0.6) is 11.5 Å². The molecule has 0 atom stereocenters. The van der Waals surface area contributed by atoms with Crippen molar-refractivity contribution in [2.24, 2.45) is 0 Å². The molecule has 0 N–H and O–H groups in total. The Balaban J connectivity index is 1.29. The van der Waals surface area contributed by atoms with Gasteiger partial charge in [-0.05, 0) is 85.3 Å². The summed E-state index contributed by atoms with van der Waals surface area (Å²) in [6, 6.07) is 23.8. The van der Waals surface area contributed by atoms with Crippen LogP contribution in [-0.2, 0) is 0 Å². The monoisotopic (exact) mass is 389 g/mol. The summed E-state index contributed by atoms with van der Waals surface area (Å²) in [6.45, 7) is 1.33. The number of halogens is 1. The van der Waals surface area contributed by atoms with Crippen molar-refractivity contribution in [1.29, 1.82) is 5.26 Å². The van der Waals surface area contributed by atoms with E-state index in [1.807, 2.05) is 48.5 Å². The zero-order valence-corrected chi connectivity index (χ0v) is 16.3. The van der Waals surface area contributed by atoms with E-state index in [2.05, 4.69) is 6.07 Å². The largest absolute Gasteiger partial charge is 0.494 e. The third kappa shape index (κ3) is 6.65. The lowest BCUT2D eigenvalue weighted by molar-refractivity contribution is 0.287. The first kappa shape index (κ1) is 20.4. The minimum atomic E-state index is -0.249. The summed E-state index contributed by atoms with van der Waals surface area (Å²) < 4.78 is 24.2. The van der Waals surface area contributed by atoms with E-state index in [1.165, 1.54) is 12.1 Å². The second kappa shape index (κ2) is 10.9. The highest BCUT2D eigenvalue weighted by atomic mass is 19.1. The minimum absolute atomic E-state index is 0.249. The van der Waals surface area contributed by atoms with Crippen LogP contribution in [0.2, 0.25) is 0 Å². The molecule has 0 spiro atoms. The van der Waals surface area contributed by atoms with E-state index in [1.54, 1.807) is 12.1 Å². The normalized spacial score (nSPS) is 10.3. The molecule has 0 bridgehead atoms. The van der Waals surface area contributed by atoms with Crippen molar-refractivity contribution in [3.8, 4) is 28.7 Å². The number of rotatable bonds is 10. The number of unbranched alkanes of at least 4 members (excludes halogenated alkanes) is 3.